The van der Waals surface area contributed by atoms with Crippen molar-refractivity contribution in [2.24, 2.45) is 0 Å². The van der Waals surface area contributed by atoms with E-state index < -0.39 is 38.7 Å². The first-order chi connectivity index (χ1) is 10.6. The van der Waals surface area contributed by atoms with Crippen molar-refractivity contribution >= 4 is 34.7 Å². The number of carbonyl (C=O) groups is 1. The molecule has 0 aliphatic rings. The molecule has 1 aromatic carbocycles. The van der Waals surface area contributed by atoms with E-state index in [1.165, 1.54) is 6.92 Å². The zero-order chi connectivity index (χ0) is 17.4. The number of alkyl halides is 3. The smallest absolute Gasteiger partial charge is 0.421 e. The standard InChI is InChI=1S/C12H9ClF3N3O3S/c1-5-18-19-11(22-5)17-10(20)6-3-4-7(12(14,15)16)9(8(6)13)23(2)21/h3-4H,1-2H3,(H,17,19,20)/t23-/m0/s1. The average molecular weight is 368 g/mol. The van der Waals surface area contributed by atoms with E-state index in [1.807, 2.05) is 0 Å². The SMILES string of the molecule is Cc1nnc(NC(=O)c2ccc(C(F)(F)F)c([S@+](C)[O-])c2Cl)o1. The first kappa shape index (κ1) is 17.6. The van der Waals surface area contributed by atoms with Gasteiger partial charge in [-0.15, -0.1) is 5.10 Å². The van der Waals surface area contributed by atoms with Crippen LogP contribution in [0.4, 0.5) is 19.2 Å². The van der Waals surface area contributed by atoms with Gasteiger partial charge < -0.3 is 8.97 Å². The normalized spacial score (nSPS) is 13.0. The fourth-order valence-electron chi connectivity index (χ4n) is 1.75. The van der Waals surface area contributed by atoms with Crippen molar-refractivity contribution in [3.8, 4) is 0 Å². The molecule has 0 bridgehead atoms. The number of rotatable bonds is 3. The van der Waals surface area contributed by atoms with E-state index in [0.29, 0.717) is 6.07 Å². The molecule has 23 heavy (non-hydrogen) atoms. The number of halogens is 4. The van der Waals surface area contributed by atoms with Crippen LogP contribution in [0.5, 0.6) is 0 Å². The molecule has 2 aromatic rings. The van der Waals surface area contributed by atoms with Crippen LogP contribution in [-0.2, 0) is 17.4 Å². The highest BCUT2D eigenvalue weighted by Gasteiger charge is 2.39. The third-order valence-electron chi connectivity index (χ3n) is 2.68. The molecule has 1 amide bonds. The van der Waals surface area contributed by atoms with Crippen molar-refractivity contribution in [1.29, 1.82) is 0 Å². The maximum absolute atomic E-state index is 12.9. The van der Waals surface area contributed by atoms with Crippen molar-refractivity contribution in [3.05, 3.63) is 34.2 Å². The number of nitrogens with zero attached hydrogens (tertiary/aromatic N) is 2. The van der Waals surface area contributed by atoms with Crippen molar-refractivity contribution in [2.75, 3.05) is 11.6 Å². The lowest BCUT2D eigenvalue weighted by Crippen LogP contribution is -2.18. The molecule has 0 saturated heterocycles. The van der Waals surface area contributed by atoms with Crippen molar-refractivity contribution < 1.29 is 26.9 Å². The largest absolute Gasteiger partial charge is 0.612 e. The van der Waals surface area contributed by atoms with E-state index in [9.17, 15) is 22.5 Å². The molecule has 2 rings (SSSR count). The summed E-state index contributed by atoms with van der Waals surface area (Å²) in [7, 11) is 0. The van der Waals surface area contributed by atoms with Crippen LogP contribution in [-0.4, -0.2) is 26.9 Å². The van der Waals surface area contributed by atoms with Gasteiger partial charge in [0, 0.05) is 6.92 Å². The number of anilines is 1. The van der Waals surface area contributed by atoms with Gasteiger partial charge in [-0.2, -0.15) is 13.2 Å². The van der Waals surface area contributed by atoms with E-state index in [0.717, 1.165) is 12.3 Å². The minimum absolute atomic E-state index is 0.189. The van der Waals surface area contributed by atoms with E-state index in [-0.39, 0.29) is 17.5 Å². The van der Waals surface area contributed by atoms with Crippen LogP contribution in [0.2, 0.25) is 5.02 Å². The molecule has 1 aromatic heterocycles. The van der Waals surface area contributed by atoms with E-state index in [2.05, 4.69) is 15.5 Å². The zero-order valence-electron chi connectivity index (χ0n) is 11.7. The second-order valence-corrected chi connectivity index (χ2v) is 6.03. The summed E-state index contributed by atoms with van der Waals surface area (Å²) in [5, 5.41) is 8.66. The summed E-state index contributed by atoms with van der Waals surface area (Å²) in [6, 6.07) is 1.30. The molecule has 0 aliphatic carbocycles. The Morgan fingerprint density at radius 1 is 1.39 bits per heavy atom. The second kappa shape index (κ2) is 6.38. The summed E-state index contributed by atoms with van der Waals surface area (Å²) in [6.45, 7) is 1.49. The summed E-state index contributed by atoms with van der Waals surface area (Å²) in [6.07, 6.45) is -3.71. The quantitative estimate of drug-likeness (QED) is 0.842. The van der Waals surface area contributed by atoms with E-state index in [4.69, 9.17) is 16.0 Å². The number of nitrogens with one attached hydrogen (secondary N) is 1. The number of hydrogen-bond acceptors (Lipinski definition) is 5. The summed E-state index contributed by atoms with van der Waals surface area (Å²) in [4.78, 5) is 11.4. The Labute approximate surface area is 136 Å². The van der Waals surface area contributed by atoms with Gasteiger partial charge in [-0.05, 0) is 23.3 Å². The third-order valence-corrected chi connectivity index (χ3v) is 4.18. The van der Waals surface area contributed by atoms with Crippen molar-refractivity contribution in [2.45, 2.75) is 18.0 Å². The Morgan fingerprint density at radius 3 is 2.52 bits per heavy atom. The highest BCUT2D eigenvalue weighted by Crippen LogP contribution is 2.39. The first-order valence-corrected chi connectivity index (χ1v) is 7.89. The maximum atomic E-state index is 12.9. The monoisotopic (exact) mass is 367 g/mol. The highest BCUT2D eigenvalue weighted by molar-refractivity contribution is 7.90. The van der Waals surface area contributed by atoms with Gasteiger partial charge >= 0.3 is 12.2 Å². The third kappa shape index (κ3) is 3.77. The Morgan fingerprint density at radius 2 is 2.04 bits per heavy atom. The fourth-order valence-corrected chi connectivity index (χ4v) is 3.18. The maximum Gasteiger partial charge on any atom is 0.421 e. The number of aryl methyl sites for hydroxylation is 1. The lowest BCUT2D eigenvalue weighted by molar-refractivity contribution is -0.139. The molecule has 0 fully saturated rings. The van der Waals surface area contributed by atoms with Gasteiger partial charge in [-0.1, -0.05) is 16.7 Å². The minimum Gasteiger partial charge on any atom is -0.612 e. The van der Waals surface area contributed by atoms with Crippen LogP contribution in [0.15, 0.2) is 21.4 Å². The van der Waals surface area contributed by atoms with Crippen LogP contribution in [0.25, 0.3) is 0 Å². The number of benzene rings is 1. The van der Waals surface area contributed by atoms with Crippen LogP contribution in [0.1, 0.15) is 21.8 Å². The van der Waals surface area contributed by atoms with Gasteiger partial charge in [-0.25, -0.2) is 0 Å². The predicted molar refractivity (Wildman–Crippen MR) is 75.8 cm³/mol. The highest BCUT2D eigenvalue weighted by atomic mass is 35.5. The first-order valence-electron chi connectivity index (χ1n) is 5.96. The van der Waals surface area contributed by atoms with Gasteiger partial charge in [-0.3, -0.25) is 10.1 Å². The molecule has 11 heteroatoms. The summed E-state index contributed by atoms with van der Waals surface area (Å²) >= 11 is 3.81. The second-order valence-electron chi connectivity index (χ2n) is 4.34. The van der Waals surface area contributed by atoms with Gasteiger partial charge in [0.1, 0.15) is 16.8 Å². The summed E-state index contributed by atoms with van der Waals surface area (Å²) in [5.41, 5.74) is -1.45. The fraction of sp³-hybridized carbons (Fsp3) is 0.250. The molecular weight excluding hydrogens is 359 g/mol. The number of hydrogen-bond donors (Lipinski definition) is 1. The molecule has 0 spiro atoms. The topological polar surface area (TPSA) is 91.1 Å². The van der Waals surface area contributed by atoms with Crippen molar-refractivity contribution in [3.63, 3.8) is 0 Å². The Balaban J connectivity index is 2.44. The molecular formula is C12H9ClF3N3O3S. The number of amides is 1. The molecule has 0 aliphatic heterocycles. The Bertz CT molecular complexity index is 749. The predicted octanol–water partition coefficient (Wildman–Crippen LogP) is 3.04. The molecule has 0 saturated carbocycles. The molecule has 0 radical (unpaired) electrons. The van der Waals surface area contributed by atoms with Crippen LogP contribution in [0, 0.1) is 6.92 Å². The van der Waals surface area contributed by atoms with Crippen LogP contribution >= 0.6 is 11.6 Å². The van der Waals surface area contributed by atoms with E-state index >= 15 is 0 Å². The zero-order valence-corrected chi connectivity index (χ0v) is 13.3. The molecule has 124 valence electrons. The molecule has 1 N–H and O–H groups in total. The molecule has 6 nitrogen and oxygen atoms in total. The number of aromatic nitrogens is 2. The lowest BCUT2D eigenvalue weighted by Gasteiger charge is -2.16. The summed E-state index contributed by atoms with van der Waals surface area (Å²) < 4.78 is 55.4. The van der Waals surface area contributed by atoms with E-state index in [1.54, 1.807) is 0 Å². The van der Waals surface area contributed by atoms with Gasteiger partial charge in [0.25, 0.3) is 5.91 Å². The van der Waals surface area contributed by atoms with Gasteiger partial charge in [0.05, 0.1) is 5.56 Å². The Kier molecular flexibility index (Phi) is 4.87. The average Bonchev–Trinajstić information content (AvgIpc) is 2.81. The van der Waals surface area contributed by atoms with Crippen LogP contribution in [0.3, 0.4) is 0 Å². The lowest BCUT2D eigenvalue weighted by atomic mass is 10.1. The minimum atomic E-state index is -4.75. The molecule has 0 unspecified atom stereocenters. The molecule has 1 atom stereocenters. The van der Waals surface area contributed by atoms with Crippen molar-refractivity contribution in [1.82, 2.24) is 10.2 Å². The number of carbonyl (C=O) groups excluding carboxylic acids is 1. The summed E-state index contributed by atoms with van der Waals surface area (Å²) in [5.74, 6) is -0.673. The van der Waals surface area contributed by atoms with Gasteiger partial charge in [0.2, 0.25) is 5.89 Å². The van der Waals surface area contributed by atoms with Gasteiger partial charge in [0.15, 0.2) is 4.90 Å². The molecule has 1 heterocycles. The van der Waals surface area contributed by atoms with Crippen LogP contribution < -0.4 is 5.32 Å². The Hall–Kier alpha value is -1.78.